The average Bonchev–Trinajstić information content (AvgIpc) is 2.53. The molecule has 0 saturated carbocycles. The molecule has 0 fully saturated rings. The van der Waals surface area contributed by atoms with Crippen molar-refractivity contribution in [1.29, 1.82) is 0 Å². The van der Waals surface area contributed by atoms with Crippen LogP contribution in [-0.2, 0) is 0 Å². The van der Waals surface area contributed by atoms with Crippen LogP contribution in [0.1, 0.15) is 15.9 Å². The van der Waals surface area contributed by atoms with Gasteiger partial charge in [-0.05, 0) is 36.6 Å². The number of rotatable bonds is 5. The van der Waals surface area contributed by atoms with Crippen LogP contribution in [0.2, 0.25) is 0 Å². The molecule has 20 heavy (non-hydrogen) atoms. The van der Waals surface area contributed by atoms with E-state index in [2.05, 4.69) is 0 Å². The van der Waals surface area contributed by atoms with E-state index in [-0.39, 0.29) is 5.78 Å². The quantitative estimate of drug-likeness (QED) is 0.621. The lowest BCUT2D eigenvalue weighted by Gasteiger charge is -2.09. The van der Waals surface area contributed by atoms with Crippen molar-refractivity contribution in [3.63, 3.8) is 0 Å². The maximum Gasteiger partial charge on any atom is 0.193 e. The lowest BCUT2D eigenvalue weighted by molar-refractivity contribution is 0.103. The van der Waals surface area contributed by atoms with Gasteiger partial charge in [0.1, 0.15) is 0 Å². The van der Waals surface area contributed by atoms with Crippen molar-refractivity contribution in [1.82, 2.24) is 0 Å². The summed E-state index contributed by atoms with van der Waals surface area (Å²) in [6, 6.07) is 12.8. The highest BCUT2D eigenvalue weighted by Gasteiger charge is 2.13. The van der Waals surface area contributed by atoms with Gasteiger partial charge in [0.2, 0.25) is 0 Å². The van der Waals surface area contributed by atoms with Gasteiger partial charge in [0.15, 0.2) is 17.3 Å². The second-order valence-electron chi connectivity index (χ2n) is 4.13. The van der Waals surface area contributed by atoms with E-state index in [9.17, 15) is 4.79 Å². The third-order valence-corrected chi connectivity index (χ3v) is 3.70. The third kappa shape index (κ3) is 2.96. The normalized spacial score (nSPS) is 10.2. The smallest absolute Gasteiger partial charge is 0.193 e. The van der Waals surface area contributed by atoms with Gasteiger partial charge in [0, 0.05) is 16.0 Å². The lowest BCUT2D eigenvalue weighted by Crippen LogP contribution is -2.02. The molecule has 0 heterocycles. The van der Waals surface area contributed by atoms with E-state index in [1.165, 1.54) is 0 Å². The van der Waals surface area contributed by atoms with Crippen LogP contribution in [0.3, 0.4) is 0 Å². The Bertz CT molecular complexity index is 623. The molecule has 0 unspecified atom stereocenters. The molecule has 0 aliphatic carbocycles. The fraction of sp³-hybridized carbons (Fsp3) is 0.188. The van der Waals surface area contributed by atoms with E-state index in [0.29, 0.717) is 22.6 Å². The zero-order valence-electron chi connectivity index (χ0n) is 11.7. The average molecular weight is 288 g/mol. The van der Waals surface area contributed by atoms with E-state index in [1.807, 2.05) is 30.5 Å². The Morgan fingerprint density at radius 1 is 0.950 bits per heavy atom. The molecule has 3 nitrogen and oxygen atoms in total. The molecule has 4 heteroatoms. The molecule has 0 amide bonds. The zero-order valence-corrected chi connectivity index (χ0v) is 12.5. The van der Waals surface area contributed by atoms with Crippen LogP contribution >= 0.6 is 11.8 Å². The highest BCUT2D eigenvalue weighted by molar-refractivity contribution is 7.98. The third-order valence-electron chi connectivity index (χ3n) is 2.98. The van der Waals surface area contributed by atoms with Crippen LogP contribution in [0, 0.1) is 0 Å². The van der Waals surface area contributed by atoms with E-state index >= 15 is 0 Å². The fourth-order valence-corrected chi connectivity index (χ4v) is 2.37. The van der Waals surface area contributed by atoms with Crippen LogP contribution in [0.15, 0.2) is 47.4 Å². The lowest BCUT2D eigenvalue weighted by atomic mass is 10.0. The Morgan fingerprint density at radius 2 is 1.65 bits per heavy atom. The minimum absolute atomic E-state index is 0.0261. The van der Waals surface area contributed by atoms with Gasteiger partial charge in [0.25, 0.3) is 0 Å². The first-order valence-corrected chi connectivity index (χ1v) is 7.33. The molecule has 0 aliphatic rings. The molecule has 0 N–H and O–H groups in total. The Labute approximate surface area is 122 Å². The first-order chi connectivity index (χ1) is 9.69. The molecular formula is C16H16O3S. The second-order valence-corrected chi connectivity index (χ2v) is 5.01. The maximum absolute atomic E-state index is 12.5. The van der Waals surface area contributed by atoms with Crippen molar-refractivity contribution < 1.29 is 14.3 Å². The van der Waals surface area contributed by atoms with Crippen molar-refractivity contribution in [3.8, 4) is 11.5 Å². The van der Waals surface area contributed by atoms with Gasteiger partial charge >= 0.3 is 0 Å². The zero-order chi connectivity index (χ0) is 14.5. The fourth-order valence-electron chi connectivity index (χ4n) is 1.91. The molecule has 104 valence electrons. The molecule has 0 bridgehead atoms. The number of hydrogen-bond donors (Lipinski definition) is 0. The van der Waals surface area contributed by atoms with Gasteiger partial charge in [-0.1, -0.05) is 12.1 Å². The molecule has 0 radical (unpaired) electrons. The number of carbonyl (C=O) groups is 1. The standard InChI is InChI=1S/C16H16O3S/c1-18-14-8-7-12(10-15(14)19-2)16(17)11-5-4-6-13(9-11)20-3/h4-10H,1-3H3. The van der Waals surface area contributed by atoms with E-state index < -0.39 is 0 Å². The van der Waals surface area contributed by atoms with Gasteiger partial charge in [-0.25, -0.2) is 0 Å². The van der Waals surface area contributed by atoms with Gasteiger partial charge in [-0.15, -0.1) is 11.8 Å². The van der Waals surface area contributed by atoms with Gasteiger partial charge in [-0.2, -0.15) is 0 Å². The number of benzene rings is 2. The summed E-state index contributed by atoms with van der Waals surface area (Å²) in [5.74, 6) is 1.14. The summed E-state index contributed by atoms with van der Waals surface area (Å²) in [5, 5.41) is 0. The number of ketones is 1. The molecule has 2 aromatic carbocycles. The molecule has 0 saturated heterocycles. The van der Waals surface area contributed by atoms with E-state index in [1.54, 1.807) is 44.2 Å². The van der Waals surface area contributed by atoms with Gasteiger partial charge in [-0.3, -0.25) is 4.79 Å². The van der Waals surface area contributed by atoms with Crippen molar-refractivity contribution >= 4 is 17.5 Å². The van der Waals surface area contributed by atoms with E-state index in [4.69, 9.17) is 9.47 Å². The van der Waals surface area contributed by atoms with Crippen LogP contribution in [0.4, 0.5) is 0 Å². The minimum Gasteiger partial charge on any atom is -0.493 e. The van der Waals surface area contributed by atoms with Crippen LogP contribution in [-0.4, -0.2) is 26.3 Å². The summed E-state index contributed by atoms with van der Waals surface area (Å²) >= 11 is 1.61. The summed E-state index contributed by atoms with van der Waals surface area (Å²) in [7, 11) is 3.13. The summed E-state index contributed by atoms with van der Waals surface area (Å²) in [6.07, 6.45) is 1.99. The van der Waals surface area contributed by atoms with Crippen LogP contribution in [0.5, 0.6) is 11.5 Å². The SMILES string of the molecule is COc1ccc(C(=O)c2cccc(SC)c2)cc1OC. The van der Waals surface area contributed by atoms with Crippen LogP contribution < -0.4 is 9.47 Å². The monoisotopic (exact) mass is 288 g/mol. The number of thioether (sulfide) groups is 1. The minimum atomic E-state index is -0.0261. The van der Waals surface area contributed by atoms with Crippen molar-refractivity contribution in [3.05, 3.63) is 53.6 Å². The predicted molar refractivity (Wildman–Crippen MR) is 81.2 cm³/mol. The highest BCUT2D eigenvalue weighted by Crippen LogP contribution is 2.28. The van der Waals surface area contributed by atoms with Crippen LogP contribution in [0.25, 0.3) is 0 Å². The number of hydrogen-bond acceptors (Lipinski definition) is 4. The molecule has 0 aromatic heterocycles. The first-order valence-electron chi connectivity index (χ1n) is 6.10. The van der Waals surface area contributed by atoms with Crippen molar-refractivity contribution in [2.24, 2.45) is 0 Å². The molecule has 2 aromatic rings. The topological polar surface area (TPSA) is 35.5 Å². The Morgan fingerprint density at radius 3 is 2.30 bits per heavy atom. The molecule has 0 atom stereocenters. The summed E-state index contributed by atoms with van der Waals surface area (Å²) in [4.78, 5) is 13.5. The second kappa shape index (κ2) is 6.48. The number of methoxy groups -OCH3 is 2. The molecule has 2 rings (SSSR count). The molecular weight excluding hydrogens is 272 g/mol. The van der Waals surface area contributed by atoms with E-state index in [0.717, 1.165) is 4.90 Å². The first kappa shape index (κ1) is 14.5. The Balaban J connectivity index is 2.37. The van der Waals surface area contributed by atoms with Crippen molar-refractivity contribution in [2.75, 3.05) is 20.5 Å². The largest absolute Gasteiger partial charge is 0.493 e. The Kier molecular flexibility index (Phi) is 4.69. The number of carbonyl (C=O) groups excluding carboxylic acids is 1. The Hall–Kier alpha value is -1.94. The summed E-state index contributed by atoms with van der Waals surface area (Å²) < 4.78 is 10.4. The molecule has 0 aliphatic heterocycles. The summed E-state index contributed by atoms with van der Waals surface area (Å²) in [6.45, 7) is 0. The highest BCUT2D eigenvalue weighted by atomic mass is 32.2. The maximum atomic E-state index is 12.5. The molecule has 0 spiro atoms. The summed E-state index contributed by atoms with van der Waals surface area (Å²) in [5.41, 5.74) is 1.25. The van der Waals surface area contributed by atoms with Gasteiger partial charge in [0.05, 0.1) is 14.2 Å². The number of ether oxygens (including phenoxy) is 2. The predicted octanol–water partition coefficient (Wildman–Crippen LogP) is 3.66. The van der Waals surface area contributed by atoms with Crippen molar-refractivity contribution in [2.45, 2.75) is 4.90 Å². The van der Waals surface area contributed by atoms with Gasteiger partial charge < -0.3 is 9.47 Å².